The molecule has 2 aromatic carbocycles. The van der Waals surface area contributed by atoms with E-state index in [-0.39, 0.29) is 12.5 Å². The molecule has 28 heavy (non-hydrogen) atoms. The fourth-order valence-corrected chi connectivity index (χ4v) is 4.24. The highest BCUT2D eigenvalue weighted by Gasteiger charge is 2.23. The van der Waals surface area contributed by atoms with Gasteiger partial charge in [-0.2, -0.15) is 5.26 Å². The molecule has 0 aliphatic heterocycles. The topological polar surface area (TPSA) is 70.1 Å². The Morgan fingerprint density at radius 1 is 1.21 bits per heavy atom. The molecule has 0 N–H and O–H groups in total. The van der Waals surface area contributed by atoms with Gasteiger partial charge < -0.3 is 4.42 Å². The Morgan fingerprint density at radius 2 is 2.00 bits per heavy atom. The molecule has 0 aliphatic carbocycles. The van der Waals surface area contributed by atoms with E-state index in [9.17, 15) is 4.79 Å². The number of carbonyl (C=O) groups excluding carboxylic acids is 1. The molecular formula is C22H17N3O2S. The average molecular weight is 387 g/mol. The molecular weight excluding hydrogens is 370 g/mol. The minimum atomic E-state index is -0.186. The second-order valence-electron chi connectivity index (χ2n) is 6.58. The molecule has 0 spiro atoms. The van der Waals surface area contributed by atoms with Crippen LogP contribution in [-0.4, -0.2) is 10.9 Å². The van der Waals surface area contributed by atoms with Crippen LogP contribution in [-0.2, 0) is 6.54 Å². The Balaban J connectivity index is 1.78. The summed E-state index contributed by atoms with van der Waals surface area (Å²) in [6.45, 7) is 4.36. The normalized spacial score (nSPS) is 10.8. The van der Waals surface area contributed by atoms with Crippen molar-refractivity contribution in [2.24, 2.45) is 0 Å². The van der Waals surface area contributed by atoms with Crippen molar-refractivity contribution in [3.63, 3.8) is 0 Å². The summed E-state index contributed by atoms with van der Waals surface area (Å²) in [7, 11) is 0. The Bertz CT molecular complexity index is 1190. The third-order valence-electron chi connectivity index (χ3n) is 4.45. The van der Waals surface area contributed by atoms with Gasteiger partial charge in [-0.3, -0.25) is 9.69 Å². The standard InChI is InChI=1S/C22H17N3O2S/c1-14-10-15(2)20-19(11-14)28-22(24-20)25(13-18-4-3-9-27-18)21(26)17-7-5-16(12-23)6-8-17/h3-11H,13H2,1-2H3. The van der Waals surface area contributed by atoms with E-state index in [2.05, 4.69) is 18.2 Å². The van der Waals surface area contributed by atoms with E-state index in [0.717, 1.165) is 21.3 Å². The number of hydrogen-bond donors (Lipinski definition) is 0. The monoisotopic (exact) mass is 387 g/mol. The van der Waals surface area contributed by atoms with Crippen molar-refractivity contribution in [1.82, 2.24) is 4.98 Å². The largest absolute Gasteiger partial charge is 0.467 e. The summed E-state index contributed by atoms with van der Waals surface area (Å²) in [5.74, 6) is 0.489. The Labute approximate surface area is 166 Å². The molecule has 0 unspecified atom stereocenters. The van der Waals surface area contributed by atoms with Gasteiger partial charge in [0.15, 0.2) is 5.13 Å². The van der Waals surface area contributed by atoms with E-state index < -0.39 is 0 Å². The van der Waals surface area contributed by atoms with Crippen LogP contribution in [0.1, 0.15) is 32.8 Å². The quantitative estimate of drug-likeness (QED) is 0.481. The number of benzene rings is 2. The Hall–Kier alpha value is -3.43. The minimum Gasteiger partial charge on any atom is -0.467 e. The first-order chi connectivity index (χ1) is 13.5. The lowest BCUT2D eigenvalue weighted by molar-refractivity contribution is 0.0983. The number of nitriles is 1. The van der Waals surface area contributed by atoms with Crippen molar-refractivity contribution in [1.29, 1.82) is 5.26 Å². The lowest BCUT2D eigenvalue weighted by Gasteiger charge is -2.18. The highest BCUT2D eigenvalue weighted by atomic mass is 32.1. The Morgan fingerprint density at radius 3 is 2.68 bits per heavy atom. The number of amides is 1. The van der Waals surface area contributed by atoms with Crippen molar-refractivity contribution >= 4 is 32.6 Å². The first kappa shape index (κ1) is 18.0. The van der Waals surface area contributed by atoms with Crippen LogP contribution >= 0.6 is 11.3 Å². The first-order valence-electron chi connectivity index (χ1n) is 8.77. The Kier molecular flexibility index (Phi) is 4.68. The van der Waals surface area contributed by atoms with E-state index in [1.807, 2.05) is 19.9 Å². The number of fused-ring (bicyclic) bond motifs is 1. The molecule has 0 aliphatic rings. The van der Waals surface area contributed by atoms with E-state index in [4.69, 9.17) is 14.7 Å². The molecule has 0 bridgehead atoms. The number of thiazole rings is 1. The fraction of sp³-hybridized carbons (Fsp3) is 0.136. The zero-order valence-corrected chi connectivity index (χ0v) is 16.3. The van der Waals surface area contributed by atoms with Gasteiger partial charge in [0.2, 0.25) is 0 Å². The SMILES string of the molecule is Cc1cc(C)c2nc(N(Cc3ccco3)C(=O)c3ccc(C#N)cc3)sc2c1. The van der Waals surface area contributed by atoms with E-state index >= 15 is 0 Å². The van der Waals surface area contributed by atoms with E-state index in [1.54, 1.807) is 41.5 Å². The number of nitrogens with zero attached hydrogens (tertiary/aromatic N) is 3. The maximum absolute atomic E-state index is 13.3. The van der Waals surface area contributed by atoms with Crippen LogP contribution < -0.4 is 4.90 Å². The van der Waals surface area contributed by atoms with Crippen molar-refractivity contribution in [2.75, 3.05) is 4.90 Å². The van der Waals surface area contributed by atoms with Gasteiger partial charge in [0.25, 0.3) is 5.91 Å². The second-order valence-corrected chi connectivity index (χ2v) is 7.59. The average Bonchev–Trinajstić information content (AvgIpc) is 3.35. The van der Waals surface area contributed by atoms with Crippen LogP contribution in [0.15, 0.2) is 59.2 Å². The fourth-order valence-electron chi connectivity index (χ4n) is 3.10. The lowest BCUT2D eigenvalue weighted by atomic mass is 10.1. The van der Waals surface area contributed by atoms with Crippen LogP contribution in [0.3, 0.4) is 0 Å². The summed E-state index contributed by atoms with van der Waals surface area (Å²) in [4.78, 5) is 19.6. The number of anilines is 1. The van der Waals surface area contributed by atoms with Crippen molar-refractivity contribution in [2.45, 2.75) is 20.4 Å². The molecule has 4 rings (SSSR count). The van der Waals surface area contributed by atoms with Gasteiger partial charge in [-0.15, -0.1) is 0 Å². The molecule has 0 radical (unpaired) electrons. The summed E-state index contributed by atoms with van der Waals surface area (Å²) >= 11 is 1.49. The first-order valence-corrected chi connectivity index (χ1v) is 9.59. The summed E-state index contributed by atoms with van der Waals surface area (Å²) in [5, 5.41) is 9.61. The molecule has 0 fully saturated rings. The minimum absolute atomic E-state index is 0.186. The van der Waals surface area contributed by atoms with Crippen LogP contribution in [0.25, 0.3) is 10.2 Å². The third kappa shape index (κ3) is 3.40. The van der Waals surface area contributed by atoms with Gasteiger partial charge in [-0.05, 0) is 67.4 Å². The van der Waals surface area contributed by atoms with E-state index in [1.165, 1.54) is 11.3 Å². The summed E-state index contributed by atoms with van der Waals surface area (Å²) in [5.41, 5.74) is 4.16. The molecule has 2 aromatic heterocycles. The highest BCUT2D eigenvalue weighted by molar-refractivity contribution is 7.22. The zero-order valence-electron chi connectivity index (χ0n) is 15.5. The number of furan rings is 1. The molecule has 6 heteroatoms. The van der Waals surface area contributed by atoms with Gasteiger partial charge >= 0.3 is 0 Å². The number of rotatable bonds is 4. The predicted octanol–water partition coefficient (Wildman–Crippen LogP) is 5.22. The molecule has 5 nitrogen and oxygen atoms in total. The van der Waals surface area contributed by atoms with Crippen LogP contribution in [0, 0.1) is 25.2 Å². The van der Waals surface area contributed by atoms with Crippen LogP contribution in [0.4, 0.5) is 5.13 Å². The van der Waals surface area contributed by atoms with Crippen molar-refractivity contribution in [3.05, 3.63) is 82.8 Å². The van der Waals surface area contributed by atoms with Gasteiger partial charge in [0.1, 0.15) is 5.76 Å². The highest BCUT2D eigenvalue weighted by Crippen LogP contribution is 2.33. The summed E-state index contributed by atoms with van der Waals surface area (Å²) in [6.07, 6.45) is 1.59. The van der Waals surface area contributed by atoms with Gasteiger partial charge in [-0.1, -0.05) is 17.4 Å². The second kappa shape index (κ2) is 7.29. The van der Waals surface area contributed by atoms with Gasteiger partial charge in [0, 0.05) is 5.56 Å². The molecule has 0 saturated carbocycles. The smallest absolute Gasteiger partial charge is 0.260 e. The number of hydrogen-bond acceptors (Lipinski definition) is 5. The molecule has 2 heterocycles. The number of carbonyl (C=O) groups is 1. The molecule has 0 atom stereocenters. The van der Waals surface area contributed by atoms with Crippen LogP contribution in [0.2, 0.25) is 0 Å². The predicted molar refractivity (Wildman–Crippen MR) is 109 cm³/mol. The molecule has 0 saturated heterocycles. The van der Waals surface area contributed by atoms with Gasteiger partial charge in [-0.25, -0.2) is 4.98 Å². The maximum atomic E-state index is 13.3. The van der Waals surface area contributed by atoms with E-state index in [0.29, 0.717) is 22.0 Å². The number of aryl methyl sites for hydroxylation is 2. The zero-order chi connectivity index (χ0) is 19.7. The maximum Gasteiger partial charge on any atom is 0.260 e. The number of aromatic nitrogens is 1. The van der Waals surface area contributed by atoms with Crippen molar-refractivity contribution < 1.29 is 9.21 Å². The molecule has 4 aromatic rings. The molecule has 1 amide bonds. The van der Waals surface area contributed by atoms with Crippen molar-refractivity contribution in [3.8, 4) is 6.07 Å². The van der Waals surface area contributed by atoms with Crippen LogP contribution in [0.5, 0.6) is 0 Å². The third-order valence-corrected chi connectivity index (χ3v) is 5.47. The molecule has 138 valence electrons. The lowest BCUT2D eigenvalue weighted by Crippen LogP contribution is -2.30. The summed E-state index contributed by atoms with van der Waals surface area (Å²) in [6, 6.07) is 16.5. The summed E-state index contributed by atoms with van der Waals surface area (Å²) < 4.78 is 6.51. The van der Waals surface area contributed by atoms with Gasteiger partial charge in [0.05, 0.1) is 34.7 Å².